The number of hydrogen-bond acceptors (Lipinski definition) is 3. The molecular formula is C11H19N3O2. The molecule has 0 aliphatic heterocycles. The monoisotopic (exact) mass is 225 g/mol. The van der Waals surface area contributed by atoms with Crippen LogP contribution in [0.25, 0.3) is 0 Å². The molecule has 1 rings (SSSR count). The fourth-order valence-electron chi connectivity index (χ4n) is 1.64. The third-order valence-corrected chi connectivity index (χ3v) is 2.58. The summed E-state index contributed by atoms with van der Waals surface area (Å²) in [4.78, 5) is 16.6. The highest BCUT2D eigenvalue weighted by molar-refractivity contribution is 5.14. The van der Waals surface area contributed by atoms with E-state index in [-0.39, 0.29) is 5.82 Å². The zero-order chi connectivity index (χ0) is 11.8. The summed E-state index contributed by atoms with van der Waals surface area (Å²) in [6.07, 6.45) is 9.40. The van der Waals surface area contributed by atoms with Crippen molar-refractivity contribution in [3.63, 3.8) is 0 Å². The first-order valence-electron chi connectivity index (χ1n) is 5.92. The summed E-state index contributed by atoms with van der Waals surface area (Å²) >= 11 is 0. The van der Waals surface area contributed by atoms with Gasteiger partial charge in [0.25, 0.3) is 0 Å². The molecule has 0 aliphatic carbocycles. The molecule has 0 unspecified atom stereocenters. The Morgan fingerprint density at radius 2 is 2.00 bits per heavy atom. The van der Waals surface area contributed by atoms with Gasteiger partial charge in [-0.3, -0.25) is 0 Å². The molecule has 1 aromatic rings. The molecule has 0 saturated carbocycles. The summed E-state index contributed by atoms with van der Waals surface area (Å²) in [5.41, 5.74) is 0. The maximum Gasteiger partial charge on any atom is 0.340 e. The van der Waals surface area contributed by atoms with Crippen LogP contribution in [0.5, 0.6) is 0 Å². The highest BCUT2D eigenvalue weighted by Crippen LogP contribution is 2.10. The molecular weight excluding hydrogens is 206 g/mol. The van der Waals surface area contributed by atoms with E-state index in [1.54, 1.807) is 0 Å². The topological polar surface area (TPSA) is 71.8 Å². The molecule has 5 heteroatoms. The average molecular weight is 225 g/mol. The minimum Gasteiger partial charge on any atom is -0.358 e. The summed E-state index contributed by atoms with van der Waals surface area (Å²) in [6, 6.07) is 0. The highest BCUT2D eigenvalue weighted by Gasteiger charge is 2.08. The maximum absolute atomic E-state index is 10.4. The predicted molar refractivity (Wildman–Crippen MR) is 62.3 cm³/mol. The van der Waals surface area contributed by atoms with Crippen LogP contribution in [0.15, 0.2) is 6.20 Å². The molecule has 0 atom stereocenters. The fraction of sp³-hybridized carbons (Fsp3) is 0.727. The number of aromatic nitrogens is 2. The predicted octanol–water partition coefficient (Wildman–Crippen LogP) is 3.22. The number of hydrogen-bond donors (Lipinski definition) is 1. The van der Waals surface area contributed by atoms with Gasteiger partial charge in [-0.25, -0.2) is 9.97 Å². The SMILES string of the molecule is CCCCCCCCc1ncc([N+](=O)[O-])[nH]1. The number of nitrogens with zero attached hydrogens (tertiary/aromatic N) is 2. The Balaban J connectivity index is 2.14. The molecule has 0 fully saturated rings. The average Bonchev–Trinajstić information content (AvgIpc) is 2.72. The summed E-state index contributed by atoms with van der Waals surface area (Å²) in [7, 11) is 0. The molecule has 0 saturated heterocycles. The number of aromatic amines is 1. The van der Waals surface area contributed by atoms with Crippen molar-refractivity contribution >= 4 is 5.82 Å². The van der Waals surface area contributed by atoms with Crippen molar-refractivity contribution in [2.45, 2.75) is 51.9 Å². The molecule has 1 N–H and O–H groups in total. The maximum atomic E-state index is 10.4. The first kappa shape index (κ1) is 12.7. The van der Waals surface area contributed by atoms with Crippen LogP contribution in [0.4, 0.5) is 5.82 Å². The molecule has 0 radical (unpaired) electrons. The third-order valence-electron chi connectivity index (χ3n) is 2.58. The lowest BCUT2D eigenvalue weighted by atomic mass is 10.1. The van der Waals surface area contributed by atoms with Crippen molar-refractivity contribution in [3.8, 4) is 0 Å². The van der Waals surface area contributed by atoms with E-state index in [9.17, 15) is 10.1 Å². The molecule has 0 aromatic carbocycles. The normalized spacial score (nSPS) is 10.6. The van der Waals surface area contributed by atoms with Crippen molar-refractivity contribution in [2.75, 3.05) is 0 Å². The van der Waals surface area contributed by atoms with Crippen LogP contribution in [-0.2, 0) is 6.42 Å². The first-order valence-corrected chi connectivity index (χ1v) is 5.92. The lowest BCUT2D eigenvalue weighted by molar-refractivity contribution is -0.389. The van der Waals surface area contributed by atoms with Gasteiger partial charge in [0.1, 0.15) is 6.20 Å². The molecule has 16 heavy (non-hydrogen) atoms. The Hall–Kier alpha value is -1.39. The molecule has 90 valence electrons. The van der Waals surface area contributed by atoms with Crippen LogP contribution >= 0.6 is 0 Å². The van der Waals surface area contributed by atoms with Gasteiger partial charge in [-0.2, -0.15) is 0 Å². The Kier molecular flexibility index (Phi) is 5.53. The van der Waals surface area contributed by atoms with Crippen molar-refractivity contribution in [1.82, 2.24) is 9.97 Å². The van der Waals surface area contributed by atoms with Gasteiger partial charge >= 0.3 is 5.82 Å². The number of nitrogens with one attached hydrogen (secondary N) is 1. The standard InChI is InChI=1S/C11H19N3O2/c1-2-3-4-5-6-7-8-10-12-9-11(13-10)14(15)16/h9H,2-8H2,1H3,(H,12,13). The number of aryl methyl sites for hydroxylation is 1. The van der Waals surface area contributed by atoms with Gasteiger partial charge in [-0.05, 0) is 11.3 Å². The fourth-order valence-corrected chi connectivity index (χ4v) is 1.64. The lowest BCUT2D eigenvalue weighted by Crippen LogP contribution is -1.91. The van der Waals surface area contributed by atoms with Gasteiger partial charge in [0, 0.05) is 6.42 Å². The Labute approximate surface area is 95.4 Å². The van der Waals surface area contributed by atoms with Crippen molar-refractivity contribution in [1.29, 1.82) is 0 Å². The highest BCUT2D eigenvalue weighted by atomic mass is 16.6. The molecule has 0 spiro atoms. The minimum atomic E-state index is -0.447. The second kappa shape index (κ2) is 6.98. The number of imidazole rings is 1. The van der Waals surface area contributed by atoms with Crippen LogP contribution < -0.4 is 0 Å². The van der Waals surface area contributed by atoms with E-state index in [1.165, 1.54) is 38.3 Å². The van der Waals surface area contributed by atoms with Gasteiger partial charge in [0.15, 0.2) is 5.82 Å². The van der Waals surface area contributed by atoms with Gasteiger partial charge < -0.3 is 10.1 Å². The van der Waals surface area contributed by atoms with Crippen molar-refractivity contribution in [3.05, 3.63) is 22.1 Å². The molecule has 0 bridgehead atoms. The second-order valence-electron chi connectivity index (χ2n) is 3.99. The van der Waals surface area contributed by atoms with Crippen molar-refractivity contribution in [2.24, 2.45) is 0 Å². The summed E-state index contributed by atoms with van der Waals surface area (Å²) < 4.78 is 0. The van der Waals surface area contributed by atoms with E-state index in [2.05, 4.69) is 16.9 Å². The summed E-state index contributed by atoms with van der Waals surface area (Å²) in [5, 5.41) is 10.4. The van der Waals surface area contributed by atoms with Crippen LogP contribution in [0.1, 0.15) is 51.3 Å². The first-order chi connectivity index (χ1) is 7.74. The zero-order valence-corrected chi connectivity index (χ0v) is 9.74. The minimum absolute atomic E-state index is 0.0130. The van der Waals surface area contributed by atoms with Crippen LogP contribution in [0.3, 0.4) is 0 Å². The molecule has 0 aliphatic rings. The van der Waals surface area contributed by atoms with Gasteiger partial charge in [-0.15, -0.1) is 0 Å². The van der Waals surface area contributed by atoms with Gasteiger partial charge in [0.2, 0.25) is 0 Å². The van der Waals surface area contributed by atoms with E-state index >= 15 is 0 Å². The number of unbranched alkanes of at least 4 members (excludes halogenated alkanes) is 5. The number of rotatable bonds is 8. The van der Waals surface area contributed by atoms with Crippen molar-refractivity contribution < 1.29 is 4.92 Å². The summed E-state index contributed by atoms with van der Waals surface area (Å²) in [5.74, 6) is 0.711. The second-order valence-corrected chi connectivity index (χ2v) is 3.99. The number of H-pyrrole nitrogens is 1. The zero-order valence-electron chi connectivity index (χ0n) is 9.74. The van der Waals surface area contributed by atoms with Crippen LogP contribution in [0, 0.1) is 10.1 Å². The smallest absolute Gasteiger partial charge is 0.340 e. The van der Waals surface area contributed by atoms with E-state index in [0.717, 1.165) is 18.7 Å². The lowest BCUT2D eigenvalue weighted by Gasteiger charge is -1.97. The molecule has 0 amide bonds. The molecule has 5 nitrogen and oxygen atoms in total. The van der Waals surface area contributed by atoms with Gasteiger partial charge in [-0.1, -0.05) is 39.0 Å². The molecule has 1 heterocycles. The van der Waals surface area contributed by atoms with E-state index < -0.39 is 4.92 Å². The van der Waals surface area contributed by atoms with E-state index in [4.69, 9.17) is 0 Å². The number of nitro groups is 1. The molecule has 1 aromatic heterocycles. The van der Waals surface area contributed by atoms with Crippen LogP contribution in [-0.4, -0.2) is 14.9 Å². The summed E-state index contributed by atoms with van der Waals surface area (Å²) in [6.45, 7) is 2.20. The largest absolute Gasteiger partial charge is 0.358 e. The Morgan fingerprint density at radius 3 is 2.62 bits per heavy atom. The third kappa shape index (κ3) is 4.42. The van der Waals surface area contributed by atoms with Crippen LogP contribution in [0.2, 0.25) is 0 Å². The van der Waals surface area contributed by atoms with Gasteiger partial charge in [0.05, 0.1) is 0 Å². The Bertz CT molecular complexity index is 323. The quantitative estimate of drug-likeness (QED) is 0.419. The van der Waals surface area contributed by atoms with E-state index in [1.807, 2.05) is 0 Å². The Morgan fingerprint density at radius 1 is 1.31 bits per heavy atom. The van der Waals surface area contributed by atoms with E-state index in [0.29, 0.717) is 0 Å².